The molecule has 0 bridgehead atoms. The van der Waals surface area contributed by atoms with Gasteiger partial charge in [0.05, 0.1) is 0 Å². The molecule has 0 heterocycles. The first-order valence-electron chi connectivity index (χ1n) is 6.19. The van der Waals surface area contributed by atoms with Crippen LogP contribution in [0.15, 0.2) is 18.2 Å². The Bertz CT molecular complexity index is 495. The molecule has 110 valence electrons. The number of carbonyl (C=O) groups excluding carboxylic acids is 2. The third kappa shape index (κ3) is 4.49. The fourth-order valence-electron chi connectivity index (χ4n) is 1.64. The van der Waals surface area contributed by atoms with Crippen molar-refractivity contribution in [1.82, 2.24) is 10.6 Å². The van der Waals surface area contributed by atoms with Gasteiger partial charge in [-0.1, -0.05) is 0 Å². The summed E-state index contributed by atoms with van der Waals surface area (Å²) >= 11 is 0. The fourth-order valence-corrected chi connectivity index (χ4v) is 1.64. The number of hydrogen-bond donors (Lipinski definition) is 2. The summed E-state index contributed by atoms with van der Waals surface area (Å²) in [6.07, 6.45) is 0.0697. The fraction of sp³-hybridized carbons (Fsp3) is 0.385. The zero-order chi connectivity index (χ0) is 15.1. The van der Waals surface area contributed by atoms with Crippen molar-refractivity contribution < 1.29 is 18.4 Å². The van der Waals surface area contributed by atoms with Gasteiger partial charge in [-0.15, -0.1) is 0 Å². The number of amides is 3. The van der Waals surface area contributed by atoms with Crippen LogP contribution in [0.1, 0.15) is 13.3 Å². The minimum atomic E-state index is -0.934. The Morgan fingerprint density at radius 3 is 2.50 bits per heavy atom. The number of rotatable bonds is 5. The molecule has 0 aliphatic heterocycles. The van der Waals surface area contributed by atoms with Crippen molar-refractivity contribution in [3.05, 3.63) is 29.8 Å². The molecule has 0 unspecified atom stereocenters. The number of hydrogen-bond acceptors (Lipinski definition) is 3. The maximum Gasteiger partial charge on any atom is 0.321 e. The SMILES string of the molecule is CCN(CCC(=O)NC(=O)NC)c1ccc(F)c(F)c1. The first kappa shape index (κ1) is 15.9. The van der Waals surface area contributed by atoms with Gasteiger partial charge >= 0.3 is 6.03 Å². The van der Waals surface area contributed by atoms with Gasteiger partial charge in [-0.25, -0.2) is 13.6 Å². The average Bonchev–Trinajstić information content (AvgIpc) is 2.43. The van der Waals surface area contributed by atoms with Gasteiger partial charge in [0.2, 0.25) is 5.91 Å². The summed E-state index contributed by atoms with van der Waals surface area (Å²) in [5.74, 6) is -2.29. The van der Waals surface area contributed by atoms with Gasteiger partial charge < -0.3 is 10.2 Å². The van der Waals surface area contributed by atoms with Crippen molar-refractivity contribution in [3.63, 3.8) is 0 Å². The van der Waals surface area contributed by atoms with E-state index in [2.05, 4.69) is 10.6 Å². The zero-order valence-corrected chi connectivity index (χ0v) is 11.4. The highest BCUT2D eigenvalue weighted by molar-refractivity contribution is 5.94. The Labute approximate surface area is 115 Å². The molecule has 0 spiro atoms. The van der Waals surface area contributed by atoms with Gasteiger partial charge in [0.25, 0.3) is 0 Å². The largest absolute Gasteiger partial charge is 0.371 e. The van der Waals surface area contributed by atoms with Crippen LogP contribution in [0.2, 0.25) is 0 Å². The molecule has 0 aromatic heterocycles. The van der Waals surface area contributed by atoms with Crippen molar-refractivity contribution in [3.8, 4) is 0 Å². The molecule has 3 amide bonds. The quantitative estimate of drug-likeness (QED) is 0.864. The molecule has 0 saturated carbocycles. The molecule has 20 heavy (non-hydrogen) atoms. The molecule has 0 radical (unpaired) electrons. The molecular weight excluding hydrogens is 268 g/mol. The van der Waals surface area contributed by atoms with Crippen LogP contribution in [0.4, 0.5) is 19.3 Å². The van der Waals surface area contributed by atoms with E-state index in [4.69, 9.17) is 0 Å². The lowest BCUT2D eigenvalue weighted by atomic mass is 10.2. The Balaban J connectivity index is 2.61. The van der Waals surface area contributed by atoms with Gasteiger partial charge in [-0.2, -0.15) is 0 Å². The lowest BCUT2D eigenvalue weighted by molar-refractivity contribution is -0.119. The van der Waals surface area contributed by atoms with Crippen LogP contribution in [0.5, 0.6) is 0 Å². The van der Waals surface area contributed by atoms with E-state index in [0.717, 1.165) is 12.1 Å². The second-order valence-corrected chi connectivity index (χ2v) is 4.06. The second kappa shape index (κ2) is 7.42. The maximum absolute atomic E-state index is 13.2. The normalized spacial score (nSPS) is 10.0. The van der Waals surface area contributed by atoms with E-state index in [1.54, 1.807) is 4.90 Å². The molecule has 0 saturated heterocycles. The molecule has 7 heteroatoms. The number of nitrogens with zero attached hydrogens (tertiary/aromatic N) is 1. The first-order chi connectivity index (χ1) is 9.47. The summed E-state index contributed by atoms with van der Waals surface area (Å²) < 4.78 is 26.0. The van der Waals surface area contributed by atoms with E-state index in [9.17, 15) is 18.4 Å². The van der Waals surface area contributed by atoms with Crippen molar-refractivity contribution >= 4 is 17.6 Å². The summed E-state index contributed by atoms with van der Waals surface area (Å²) in [6.45, 7) is 2.65. The van der Waals surface area contributed by atoms with E-state index >= 15 is 0 Å². The smallest absolute Gasteiger partial charge is 0.321 e. The standard InChI is InChI=1S/C13H17F2N3O2/c1-3-18(7-6-12(19)17-13(20)16-2)9-4-5-10(14)11(15)8-9/h4-5,8H,3,6-7H2,1-2H3,(H2,16,17,19,20). The maximum atomic E-state index is 13.2. The predicted octanol–water partition coefficient (Wildman–Crippen LogP) is 1.64. The molecule has 1 aromatic rings. The molecular formula is C13H17F2N3O2. The number of urea groups is 1. The van der Waals surface area contributed by atoms with Crippen LogP contribution in [0, 0.1) is 11.6 Å². The Morgan fingerprint density at radius 1 is 1.25 bits per heavy atom. The summed E-state index contributed by atoms with van der Waals surface area (Å²) in [6, 6.07) is 2.98. The number of halogens is 2. The molecule has 1 aromatic carbocycles. The number of anilines is 1. The van der Waals surface area contributed by atoms with Gasteiger partial charge in [0.15, 0.2) is 11.6 Å². The monoisotopic (exact) mass is 285 g/mol. The molecule has 0 fully saturated rings. The molecule has 1 rings (SSSR count). The first-order valence-corrected chi connectivity index (χ1v) is 6.19. The van der Waals surface area contributed by atoms with Gasteiger partial charge in [-0.05, 0) is 19.1 Å². The van der Waals surface area contributed by atoms with Gasteiger partial charge in [0.1, 0.15) is 0 Å². The summed E-state index contributed by atoms with van der Waals surface area (Å²) in [5, 5.41) is 4.40. The summed E-state index contributed by atoms with van der Waals surface area (Å²) in [4.78, 5) is 24.1. The van der Waals surface area contributed by atoms with Crippen molar-refractivity contribution in [2.45, 2.75) is 13.3 Å². The summed E-state index contributed by atoms with van der Waals surface area (Å²) in [5.41, 5.74) is 0.485. The van der Waals surface area contributed by atoms with Crippen LogP contribution in [0.3, 0.4) is 0 Å². The Morgan fingerprint density at radius 2 is 1.95 bits per heavy atom. The Hall–Kier alpha value is -2.18. The van der Waals surface area contributed by atoms with E-state index in [1.807, 2.05) is 6.92 Å². The van der Waals surface area contributed by atoms with Crippen LogP contribution in [-0.4, -0.2) is 32.1 Å². The van der Waals surface area contributed by atoms with Crippen molar-refractivity contribution in [2.24, 2.45) is 0 Å². The highest BCUT2D eigenvalue weighted by Crippen LogP contribution is 2.17. The lowest BCUT2D eigenvalue weighted by Crippen LogP contribution is -2.39. The second-order valence-electron chi connectivity index (χ2n) is 4.06. The highest BCUT2D eigenvalue weighted by Gasteiger charge is 2.11. The van der Waals surface area contributed by atoms with Crippen molar-refractivity contribution in [2.75, 3.05) is 25.0 Å². The average molecular weight is 285 g/mol. The molecule has 0 atom stereocenters. The lowest BCUT2D eigenvalue weighted by Gasteiger charge is -2.22. The van der Waals surface area contributed by atoms with Gasteiger partial charge in [0, 0.05) is 38.3 Å². The third-order valence-corrected chi connectivity index (χ3v) is 2.74. The minimum Gasteiger partial charge on any atom is -0.371 e. The third-order valence-electron chi connectivity index (χ3n) is 2.74. The van der Waals surface area contributed by atoms with Crippen LogP contribution < -0.4 is 15.5 Å². The van der Waals surface area contributed by atoms with E-state index in [-0.39, 0.29) is 6.42 Å². The predicted molar refractivity (Wildman–Crippen MR) is 71.5 cm³/mol. The molecule has 5 nitrogen and oxygen atoms in total. The van der Waals surface area contributed by atoms with Crippen LogP contribution in [-0.2, 0) is 4.79 Å². The number of carbonyl (C=O) groups is 2. The van der Waals surface area contributed by atoms with E-state index in [1.165, 1.54) is 13.1 Å². The van der Waals surface area contributed by atoms with Gasteiger partial charge in [-0.3, -0.25) is 10.1 Å². The molecule has 2 N–H and O–H groups in total. The molecule has 0 aliphatic carbocycles. The summed E-state index contributed by atoms with van der Waals surface area (Å²) in [7, 11) is 1.41. The van der Waals surface area contributed by atoms with E-state index in [0.29, 0.717) is 18.8 Å². The minimum absolute atomic E-state index is 0.0697. The van der Waals surface area contributed by atoms with Crippen LogP contribution >= 0.6 is 0 Å². The van der Waals surface area contributed by atoms with Crippen LogP contribution in [0.25, 0.3) is 0 Å². The van der Waals surface area contributed by atoms with E-state index < -0.39 is 23.6 Å². The number of nitrogens with one attached hydrogen (secondary N) is 2. The highest BCUT2D eigenvalue weighted by atomic mass is 19.2. The molecule has 0 aliphatic rings. The van der Waals surface area contributed by atoms with Crippen molar-refractivity contribution in [1.29, 1.82) is 0 Å². The topological polar surface area (TPSA) is 61.4 Å². The number of imide groups is 1. The number of benzene rings is 1. The zero-order valence-electron chi connectivity index (χ0n) is 11.4. The Kier molecular flexibility index (Phi) is 5.89.